The summed E-state index contributed by atoms with van der Waals surface area (Å²) in [5, 5.41) is 15.4. The molecule has 1 N–H and O–H groups in total. The van der Waals surface area contributed by atoms with Crippen LogP contribution in [0.2, 0.25) is 0 Å². The molecule has 22 heavy (non-hydrogen) atoms. The van der Waals surface area contributed by atoms with Gasteiger partial charge in [-0.3, -0.25) is 4.79 Å². The van der Waals surface area contributed by atoms with Crippen LogP contribution < -0.4 is 10.2 Å². The number of hydrogen-bond donors (Lipinski definition) is 1. The lowest BCUT2D eigenvalue weighted by Crippen LogP contribution is -2.52. The van der Waals surface area contributed by atoms with Gasteiger partial charge in [-0.05, 0) is 25.0 Å². The van der Waals surface area contributed by atoms with Crippen LogP contribution in [0.3, 0.4) is 0 Å². The molecule has 2 aromatic rings. The van der Waals surface area contributed by atoms with Gasteiger partial charge in [0, 0.05) is 31.5 Å². The largest absolute Gasteiger partial charge is 0.355 e. The van der Waals surface area contributed by atoms with Crippen molar-refractivity contribution in [3.05, 3.63) is 18.5 Å². The highest BCUT2D eigenvalue weighted by Crippen LogP contribution is 2.25. The van der Waals surface area contributed by atoms with Crippen LogP contribution in [0.25, 0.3) is 5.65 Å². The first-order valence-corrected chi connectivity index (χ1v) is 7.99. The van der Waals surface area contributed by atoms with Crippen LogP contribution in [0.15, 0.2) is 18.5 Å². The fourth-order valence-corrected chi connectivity index (χ4v) is 3.35. The maximum absolute atomic E-state index is 12.0. The van der Waals surface area contributed by atoms with Crippen molar-refractivity contribution in [1.82, 2.24) is 25.1 Å². The third kappa shape index (κ3) is 2.51. The smallest absolute Gasteiger partial charge is 0.223 e. The molecule has 2 aromatic heterocycles. The third-order valence-corrected chi connectivity index (χ3v) is 4.72. The van der Waals surface area contributed by atoms with Crippen molar-refractivity contribution < 1.29 is 4.79 Å². The Balaban J connectivity index is 1.27. The predicted molar refractivity (Wildman–Crippen MR) is 81.5 cm³/mol. The Morgan fingerprint density at radius 1 is 1.27 bits per heavy atom. The van der Waals surface area contributed by atoms with Crippen molar-refractivity contribution in [3.8, 4) is 0 Å². The second kappa shape index (κ2) is 5.55. The Morgan fingerprint density at radius 2 is 2.09 bits per heavy atom. The fourth-order valence-electron chi connectivity index (χ4n) is 3.35. The molecule has 2 fully saturated rings. The van der Waals surface area contributed by atoms with Crippen LogP contribution in [0, 0.1) is 11.8 Å². The Hall–Kier alpha value is -2.18. The molecule has 1 aliphatic carbocycles. The van der Waals surface area contributed by atoms with Gasteiger partial charge in [-0.1, -0.05) is 12.8 Å². The Morgan fingerprint density at radius 3 is 2.91 bits per heavy atom. The van der Waals surface area contributed by atoms with Gasteiger partial charge in [0.1, 0.15) is 12.1 Å². The minimum absolute atomic E-state index is 0.250. The quantitative estimate of drug-likeness (QED) is 0.906. The molecule has 1 saturated heterocycles. The van der Waals surface area contributed by atoms with Crippen LogP contribution in [0.1, 0.15) is 25.7 Å². The summed E-state index contributed by atoms with van der Waals surface area (Å²) < 4.78 is 1.69. The van der Waals surface area contributed by atoms with Gasteiger partial charge < -0.3 is 10.2 Å². The number of nitrogens with zero attached hydrogens (tertiary/aromatic N) is 5. The summed E-state index contributed by atoms with van der Waals surface area (Å²) in [6.45, 7) is 2.65. The van der Waals surface area contributed by atoms with E-state index in [0.29, 0.717) is 5.92 Å². The first-order chi connectivity index (χ1) is 10.8. The molecule has 0 unspecified atom stereocenters. The van der Waals surface area contributed by atoms with E-state index in [4.69, 9.17) is 0 Å². The minimum Gasteiger partial charge on any atom is -0.355 e. The first-order valence-electron chi connectivity index (χ1n) is 7.99. The van der Waals surface area contributed by atoms with Gasteiger partial charge in [-0.2, -0.15) is 4.52 Å². The number of hydrogen-bond acceptors (Lipinski definition) is 5. The summed E-state index contributed by atoms with van der Waals surface area (Å²) in [6.07, 6.45) is 6.13. The van der Waals surface area contributed by atoms with Gasteiger partial charge in [0.2, 0.25) is 5.91 Å². The summed E-state index contributed by atoms with van der Waals surface area (Å²) >= 11 is 0. The van der Waals surface area contributed by atoms with Crippen LogP contribution in [0.4, 0.5) is 5.82 Å². The zero-order valence-corrected chi connectivity index (χ0v) is 12.5. The van der Waals surface area contributed by atoms with Crippen molar-refractivity contribution >= 4 is 17.4 Å². The molecular formula is C15H20N6O. The summed E-state index contributed by atoms with van der Waals surface area (Å²) in [5.74, 6) is 1.96. The van der Waals surface area contributed by atoms with E-state index in [9.17, 15) is 4.79 Å². The van der Waals surface area contributed by atoms with Crippen molar-refractivity contribution in [2.75, 3.05) is 24.5 Å². The van der Waals surface area contributed by atoms with Crippen LogP contribution in [-0.4, -0.2) is 45.4 Å². The Bertz CT molecular complexity index is 671. The second-order valence-corrected chi connectivity index (χ2v) is 6.32. The number of carbonyl (C=O) groups excluding carboxylic acids is 1. The lowest BCUT2D eigenvalue weighted by Gasteiger charge is -2.40. The molecule has 0 radical (unpaired) electrons. The van der Waals surface area contributed by atoms with Crippen LogP contribution >= 0.6 is 0 Å². The maximum Gasteiger partial charge on any atom is 0.223 e. The van der Waals surface area contributed by atoms with Crippen molar-refractivity contribution in [3.63, 3.8) is 0 Å². The average molecular weight is 300 g/mol. The van der Waals surface area contributed by atoms with E-state index < -0.39 is 0 Å². The highest BCUT2D eigenvalue weighted by Gasteiger charge is 2.29. The Kier molecular flexibility index (Phi) is 3.40. The molecule has 1 saturated carbocycles. The SMILES string of the molecule is O=C(NCC1CN(c2ccc3nncn3n2)C1)C1CCCC1. The normalized spacial score (nSPS) is 19.5. The second-order valence-electron chi connectivity index (χ2n) is 6.32. The highest BCUT2D eigenvalue weighted by molar-refractivity contribution is 5.78. The molecule has 7 nitrogen and oxygen atoms in total. The lowest BCUT2D eigenvalue weighted by atomic mass is 9.99. The molecule has 3 heterocycles. The number of amides is 1. The van der Waals surface area contributed by atoms with Gasteiger partial charge in [0.15, 0.2) is 5.65 Å². The van der Waals surface area contributed by atoms with Gasteiger partial charge in [-0.25, -0.2) is 0 Å². The molecule has 1 amide bonds. The first kappa shape index (κ1) is 13.5. The third-order valence-electron chi connectivity index (χ3n) is 4.72. The molecule has 0 aromatic carbocycles. The van der Waals surface area contributed by atoms with E-state index in [2.05, 4.69) is 25.5 Å². The number of aromatic nitrogens is 4. The summed E-state index contributed by atoms with van der Waals surface area (Å²) in [6, 6.07) is 3.89. The summed E-state index contributed by atoms with van der Waals surface area (Å²) in [4.78, 5) is 14.2. The molecule has 4 rings (SSSR count). The monoisotopic (exact) mass is 300 g/mol. The van der Waals surface area contributed by atoms with Crippen molar-refractivity contribution in [2.24, 2.45) is 11.8 Å². The van der Waals surface area contributed by atoms with Gasteiger partial charge >= 0.3 is 0 Å². The lowest BCUT2D eigenvalue weighted by molar-refractivity contribution is -0.125. The number of nitrogens with one attached hydrogen (secondary N) is 1. The number of anilines is 1. The predicted octanol–water partition coefficient (Wildman–Crippen LogP) is 0.867. The maximum atomic E-state index is 12.0. The van der Waals surface area contributed by atoms with Crippen LogP contribution in [0.5, 0.6) is 0 Å². The van der Waals surface area contributed by atoms with E-state index in [1.54, 1.807) is 10.8 Å². The Labute approximate surface area is 128 Å². The molecule has 116 valence electrons. The number of carbonyl (C=O) groups is 1. The summed E-state index contributed by atoms with van der Waals surface area (Å²) in [5.41, 5.74) is 0.754. The van der Waals surface area contributed by atoms with E-state index in [0.717, 1.165) is 43.9 Å². The fraction of sp³-hybridized carbons (Fsp3) is 0.600. The molecular weight excluding hydrogens is 280 g/mol. The standard InChI is InChI=1S/C15H20N6O/c22-15(12-3-1-2-4-12)16-7-11-8-20(9-11)14-6-5-13-18-17-10-21(13)19-14/h5-6,10-12H,1-4,7-9H2,(H,16,22). The minimum atomic E-state index is 0.250. The molecule has 0 bridgehead atoms. The van der Waals surface area contributed by atoms with E-state index in [-0.39, 0.29) is 11.8 Å². The summed E-state index contributed by atoms with van der Waals surface area (Å²) in [7, 11) is 0. The topological polar surface area (TPSA) is 75.4 Å². The number of fused-ring (bicyclic) bond motifs is 1. The molecule has 0 atom stereocenters. The number of rotatable bonds is 4. The van der Waals surface area contributed by atoms with Gasteiger partial charge in [0.25, 0.3) is 0 Å². The average Bonchev–Trinajstić information content (AvgIpc) is 3.16. The van der Waals surface area contributed by atoms with Crippen LogP contribution in [-0.2, 0) is 4.79 Å². The van der Waals surface area contributed by atoms with Gasteiger partial charge in [0.05, 0.1) is 0 Å². The highest BCUT2D eigenvalue weighted by atomic mass is 16.1. The van der Waals surface area contributed by atoms with Crippen molar-refractivity contribution in [2.45, 2.75) is 25.7 Å². The van der Waals surface area contributed by atoms with E-state index in [1.807, 2.05) is 12.1 Å². The molecule has 1 aliphatic heterocycles. The van der Waals surface area contributed by atoms with Crippen molar-refractivity contribution in [1.29, 1.82) is 0 Å². The van der Waals surface area contributed by atoms with Gasteiger partial charge in [-0.15, -0.1) is 15.3 Å². The molecule has 2 aliphatic rings. The molecule has 0 spiro atoms. The molecule has 7 heteroatoms. The van der Waals surface area contributed by atoms with E-state index in [1.165, 1.54) is 12.8 Å². The zero-order chi connectivity index (χ0) is 14.9. The van der Waals surface area contributed by atoms with E-state index >= 15 is 0 Å². The zero-order valence-electron chi connectivity index (χ0n) is 12.5.